The van der Waals surface area contributed by atoms with Crippen LogP contribution in [0.1, 0.15) is 12.0 Å². The highest BCUT2D eigenvalue weighted by molar-refractivity contribution is 5.95. The first-order valence-electron chi connectivity index (χ1n) is 8.94. The van der Waals surface area contributed by atoms with E-state index in [2.05, 4.69) is 16.0 Å². The second kappa shape index (κ2) is 12.1. The first kappa shape index (κ1) is 24.5. The molecule has 0 saturated carbocycles. The van der Waals surface area contributed by atoms with Crippen LogP contribution >= 0.6 is 0 Å². The van der Waals surface area contributed by atoms with Gasteiger partial charge in [0.25, 0.3) is 0 Å². The number of aliphatic carboxylic acids is 1. The molecule has 0 fully saturated rings. The molecule has 12 heteroatoms. The third-order valence-corrected chi connectivity index (χ3v) is 3.96. The third kappa shape index (κ3) is 8.24. The minimum Gasteiger partial charge on any atom is -0.480 e. The first-order chi connectivity index (χ1) is 14.2. The van der Waals surface area contributed by atoms with Gasteiger partial charge in [0.05, 0.1) is 19.6 Å². The van der Waals surface area contributed by atoms with Gasteiger partial charge in [0.15, 0.2) is 0 Å². The molecule has 164 valence electrons. The maximum atomic E-state index is 12.4. The smallest absolute Gasteiger partial charge is 0.326 e. The van der Waals surface area contributed by atoms with Gasteiger partial charge in [-0.2, -0.15) is 0 Å². The highest BCUT2D eigenvalue weighted by Gasteiger charge is 2.29. The van der Waals surface area contributed by atoms with E-state index in [9.17, 15) is 34.2 Å². The summed E-state index contributed by atoms with van der Waals surface area (Å²) in [6.07, 6.45) is -0.589. The van der Waals surface area contributed by atoms with Crippen LogP contribution in [-0.2, 0) is 30.4 Å². The Morgan fingerprint density at radius 1 is 0.900 bits per heavy atom. The molecule has 0 radical (unpaired) electrons. The Morgan fingerprint density at radius 2 is 1.47 bits per heavy atom. The number of aliphatic hydroxyl groups is 1. The maximum Gasteiger partial charge on any atom is 0.326 e. The fourth-order valence-corrected chi connectivity index (χ4v) is 2.45. The number of carboxylic acids is 1. The zero-order valence-electron chi connectivity index (χ0n) is 16.0. The number of carbonyl (C=O) groups excluding carboxylic acids is 4. The molecule has 0 heterocycles. The van der Waals surface area contributed by atoms with Crippen molar-refractivity contribution in [2.45, 2.75) is 31.0 Å². The Morgan fingerprint density at radius 3 is 1.97 bits per heavy atom. The van der Waals surface area contributed by atoms with E-state index in [1.54, 1.807) is 30.3 Å². The lowest BCUT2D eigenvalue weighted by Crippen LogP contribution is -2.58. The number of nitrogens with two attached hydrogens (primary N) is 2. The molecule has 1 aromatic rings. The molecule has 4 amide bonds. The SMILES string of the molecule is NCC(=O)NC(CC(N)=O)C(=O)NC(CO)C(=O)NC(Cc1ccccc1)C(=O)O. The zero-order chi connectivity index (χ0) is 22.7. The second-order valence-corrected chi connectivity index (χ2v) is 6.33. The average Bonchev–Trinajstić information content (AvgIpc) is 2.70. The largest absolute Gasteiger partial charge is 0.480 e. The Bertz CT molecular complexity index is 771. The Balaban J connectivity index is 2.83. The van der Waals surface area contributed by atoms with Gasteiger partial charge in [-0.05, 0) is 5.56 Å². The van der Waals surface area contributed by atoms with Crippen LogP contribution in [0.5, 0.6) is 0 Å². The summed E-state index contributed by atoms with van der Waals surface area (Å²) in [5.74, 6) is -4.88. The van der Waals surface area contributed by atoms with E-state index in [0.717, 1.165) is 0 Å². The molecule has 0 aliphatic carbocycles. The number of nitrogens with one attached hydrogen (secondary N) is 3. The number of hydrogen-bond donors (Lipinski definition) is 7. The number of carboxylic acid groups (broad SMARTS) is 1. The lowest BCUT2D eigenvalue weighted by molar-refractivity contribution is -0.142. The van der Waals surface area contributed by atoms with Gasteiger partial charge in [0, 0.05) is 6.42 Å². The molecular weight excluding hydrogens is 398 g/mol. The molecular formula is C18H25N5O7. The number of primary amides is 1. The predicted molar refractivity (Wildman–Crippen MR) is 104 cm³/mol. The fourth-order valence-electron chi connectivity index (χ4n) is 2.45. The minimum atomic E-state index is -1.53. The average molecular weight is 423 g/mol. The number of aliphatic hydroxyl groups excluding tert-OH is 1. The Hall–Kier alpha value is -3.51. The van der Waals surface area contributed by atoms with Crippen molar-refractivity contribution in [3.05, 3.63) is 35.9 Å². The van der Waals surface area contributed by atoms with E-state index < -0.39 is 67.3 Å². The monoisotopic (exact) mass is 423 g/mol. The number of hydrogen-bond acceptors (Lipinski definition) is 7. The van der Waals surface area contributed by atoms with Crippen LogP contribution in [0.15, 0.2) is 30.3 Å². The predicted octanol–water partition coefficient (Wildman–Crippen LogP) is -3.41. The van der Waals surface area contributed by atoms with Crippen molar-refractivity contribution in [2.75, 3.05) is 13.2 Å². The summed E-state index contributed by atoms with van der Waals surface area (Å²) in [5, 5.41) is 25.4. The molecule has 3 unspecified atom stereocenters. The molecule has 9 N–H and O–H groups in total. The van der Waals surface area contributed by atoms with Crippen molar-refractivity contribution in [1.29, 1.82) is 0 Å². The fraction of sp³-hybridized carbons (Fsp3) is 0.389. The molecule has 0 bridgehead atoms. The highest BCUT2D eigenvalue weighted by atomic mass is 16.4. The van der Waals surface area contributed by atoms with Crippen LogP contribution in [0.3, 0.4) is 0 Å². The number of rotatable bonds is 12. The molecule has 0 saturated heterocycles. The lowest BCUT2D eigenvalue weighted by atomic mass is 10.1. The van der Waals surface area contributed by atoms with Crippen LogP contribution in [0.2, 0.25) is 0 Å². The summed E-state index contributed by atoms with van der Waals surface area (Å²) in [7, 11) is 0. The molecule has 0 aromatic heterocycles. The summed E-state index contributed by atoms with van der Waals surface area (Å²) >= 11 is 0. The van der Waals surface area contributed by atoms with Gasteiger partial charge in [-0.25, -0.2) is 4.79 Å². The van der Waals surface area contributed by atoms with Crippen molar-refractivity contribution in [1.82, 2.24) is 16.0 Å². The van der Waals surface area contributed by atoms with Crippen molar-refractivity contribution >= 4 is 29.6 Å². The van der Waals surface area contributed by atoms with Crippen LogP contribution in [0.4, 0.5) is 0 Å². The van der Waals surface area contributed by atoms with Gasteiger partial charge < -0.3 is 37.6 Å². The minimum absolute atomic E-state index is 0.0230. The standard InChI is InChI=1S/C18H25N5O7/c19-8-15(26)21-11(7-14(20)25)16(27)23-13(9-24)17(28)22-12(18(29)30)6-10-4-2-1-3-5-10/h1-5,11-13,24H,6-9,19H2,(H2,20,25)(H,21,26)(H,22,28)(H,23,27)(H,29,30). The Kier molecular flexibility index (Phi) is 9.92. The Labute approximate surface area is 172 Å². The van der Waals surface area contributed by atoms with E-state index in [-0.39, 0.29) is 6.42 Å². The zero-order valence-corrected chi connectivity index (χ0v) is 16.0. The van der Waals surface area contributed by atoms with Gasteiger partial charge in [0.2, 0.25) is 23.6 Å². The molecule has 1 rings (SSSR count). The van der Waals surface area contributed by atoms with Crippen molar-refractivity contribution in [3.63, 3.8) is 0 Å². The molecule has 30 heavy (non-hydrogen) atoms. The number of benzene rings is 1. The lowest BCUT2D eigenvalue weighted by Gasteiger charge is -2.23. The summed E-state index contributed by atoms with van der Waals surface area (Å²) in [4.78, 5) is 58.8. The number of carbonyl (C=O) groups is 5. The van der Waals surface area contributed by atoms with E-state index >= 15 is 0 Å². The van der Waals surface area contributed by atoms with E-state index in [1.165, 1.54) is 0 Å². The van der Waals surface area contributed by atoms with Gasteiger partial charge >= 0.3 is 5.97 Å². The van der Waals surface area contributed by atoms with Crippen LogP contribution < -0.4 is 27.4 Å². The second-order valence-electron chi connectivity index (χ2n) is 6.33. The van der Waals surface area contributed by atoms with Crippen molar-refractivity contribution < 1.29 is 34.2 Å². The van der Waals surface area contributed by atoms with Crippen LogP contribution in [-0.4, -0.2) is 71.1 Å². The van der Waals surface area contributed by atoms with Gasteiger partial charge in [-0.1, -0.05) is 30.3 Å². The molecule has 1 aromatic carbocycles. The van der Waals surface area contributed by atoms with E-state index in [0.29, 0.717) is 5.56 Å². The summed E-state index contributed by atoms with van der Waals surface area (Å²) in [5.41, 5.74) is 10.9. The molecule has 3 atom stereocenters. The highest BCUT2D eigenvalue weighted by Crippen LogP contribution is 2.04. The maximum absolute atomic E-state index is 12.4. The van der Waals surface area contributed by atoms with Gasteiger partial charge in [-0.3, -0.25) is 19.2 Å². The van der Waals surface area contributed by atoms with Crippen LogP contribution in [0, 0.1) is 0 Å². The third-order valence-electron chi connectivity index (χ3n) is 3.96. The topological polar surface area (TPSA) is 214 Å². The summed E-state index contributed by atoms with van der Waals surface area (Å²) < 4.78 is 0. The quantitative estimate of drug-likeness (QED) is 0.179. The number of amides is 4. The molecule has 0 aliphatic rings. The van der Waals surface area contributed by atoms with Crippen molar-refractivity contribution in [2.24, 2.45) is 11.5 Å². The normalized spacial score (nSPS) is 13.4. The van der Waals surface area contributed by atoms with Gasteiger partial charge in [0.1, 0.15) is 18.1 Å². The van der Waals surface area contributed by atoms with E-state index in [1.807, 2.05) is 0 Å². The molecule has 12 nitrogen and oxygen atoms in total. The van der Waals surface area contributed by atoms with Gasteiger partial charge in [-0.15, -0.1) is 0 Å². The summed E-state index contributed by atoms with van der Waals surface area (Å²) in [6, 6.07) is 4.28. The van der Waals surface area contributed by atoms with Crippen molar-refractivity contribution in [3.8, 4) is 0 Å². The first-order valence-corrected chi connectivity index (χ1v) is 8.94. The molecule has 0 spiro atoms. The van der Waals surface area contributed by atoms with Crippen LogP contribution in [0.25, 0.3) is 0 Å². The van der Waals surface area contributed by atoms with E-state index in [4.69, 9.17) is 11.5 Å². The summed E-state index contributed by atoms with van der Waals surface area (Å²) in [6.45, 7) is -1.31. The molecule has 0 aliphatic heterocycles.